The highest BCUT2D eigenvalue weighted by Crippen LogP contribution is 2.24. The highest BCUT2D eigenvalue weighted by atomic mass is 16.5. The Morgan fingerprint density at radius 1 is 1.03 bits per heavy atom. The number of nitrogens with zero attached hydrogens (tertiary/aromatic N) is 2. The van der Waals surface area contributed by atoms with Gasteiger partial charge in [0.1, 0.15) is 5.75 Å². The van der Waals surface area contributed by atoms with Crippen LogP contribution >= 0.6 is 0 Å². The summed E-state index contributed by atoms with van der Waals surface area (Å²) >= 11 is 0. The SMILES string of the molecule is O=C(CCc1cccc(OC2CCCC2)c1)NCCc1cnn(-c2ccccc2)c1. The standard InChI is InChI=1S/C25H29N3O2/c29-25(14-13-20-7-6-12-24(17-20)30-23-10-4-5-11-23)26-16-15-21-18-27-28(19-21)22-8-2-1-3-9-22/h1-3,6-9,12,17-19,23H,4-5,10-11,13-16H2,(H,26,29). The van der Waals surface area contributed by atoms with Crippen LogP contribution in [0.15, 0.2) is 67.0 Å². The van der Waals surface area contributed by atoms with Gasteiger partial charge in [-0.25, -0.2) is 4.68 Å². The summed E-state index contributed by atoms with van der Waals surface area (Å²) < 4.78 is 7.92. The third-order valence-corrected chi connectivity index (χ3v) is 5.54. The summed E-state index contributed by atoms with van der Waals surface area (Å²) in [5, 5.41) is 7.41. The van der Waals surface area contributed by atoms with E-state index in [0.29, 0.717) is 19.1 Å². The maximum absolute atomic E-state index is 12.2. The van der Waals surface area contributed by atoms with Crippen molar-refractivity contribution in [1.82, 2.24) is 15.1 Å². The first-order chi connectivity index (χ1) is 14.8. The van der Waals surface area contributed by atoms with Crippen LogP contribution < -0.4 is 10.1 Å². The maximum Gasteiger partial charge on any atom is 0.220 e. The molecule has 0 bridgehead atoms. The summed E-state index contributed by atoms with van der Waals surface area (Å²) in [6, 6.07) is 18.2. The lowest BCUT2D eigenvalue weighted by Gasteiger charge is -2.13. The van der Waals surface area contributed by atoms with E-state index in [1.807, 2.05) is 59.5 Å². The number of ether oxygens (including phenoxy) is 1. The molecule has 0 saturated heterocycles. The number of hydrogen-bond donors (Lipinski definition) is 1. The van der Waals surface area contributed by atoms with E-state index in [4.69, 9.17) is 4.74 Å². The number of nitrogens with one attached hydrogen (secondary N) is 1. The molecule has 5 heteroatoms. The number of aryl methyl sites for hydroxylation is 1. The minimum absolute atomic E-state index is 0.0764. The molecule has 3 aromatic rings. The Balaban J connectivity index is 1.19. The Bertz CT molecular complexity index is 946. The molecule has 4 rings (SSSR count). The van der Waals surface area contributed by atoms with Crippen LogP contribution in [0.25, 0.3) is 5.69 Å². The van der Waals surface area contributed by atoms with E-state index in [1.54, 1.807) is 0 Å². The van der Waals surface area contributed by atoms with E-state index in [1.165, 1.54) is 12.8 Å². The van der Waals surface area contributed by atoms with Gasteiger partial charge < -0.3 is 10.1 Å². The Morgan fingerprint density at radius 2 is 1.87 bits per heavy atom. The number of para-hydroxylation sites is 1. The fourth-order valence-electron chi connectivity index (χ4n) is 3.88. The van der Waals surface area contributed by atoms with Gasteiger partial charge in [0, 0.05) is 19.2 Å². The molecule has 5 nitrogen and oxygen atoms in total. The fourth-order valence-corrected chi connectivity index (χ4v) is 3.88. The summed E-state index contributed by atoms with van der Waals surface area (Å²) in [7, 11) is 0. The van der Waals surface area contributed by atoms with E-state index >= 15 is 0 Å². The third kappa shape index (κ3) is 5.72. The van der Waals surface area contributed by atoms with Gasteiger partial charge in [-0.15, -0.1) is 0 Å². The van der Waals surface area contributed by atoms with Crippen molar-refractivity contribution < 1.29 is 9.53 Å². The molecular weight excluding hydrogens is 374 g/mol. The lowest BCUT2D eigenvalue weighted by Crippen LogP contribution is -2.25. The zero-order valence-electron chi connectivity index (χ0n) is 17.3. The average Bonchev–Trinajstić information content (AvgIpc) is 3.46. The molecule has 1 N–H and O–H groups in total. The van der Waals surface area contributed by atoms with Crippen LogP contribution in [-0.2, 0) is 17.6 Å². The molecule has 0 unspecified atom stereocenters. The Morgan fingerprint density at radius 3 is 2.70 bits per heavy atom. The van der Waals surface area contributed by atoms with Gasteiger partial charge in [0.2, 0.25) is 5.91 Å². The van der Waals surface area contributed by atoms with Crippen molar-refractivity contribution in [3.05, 3.63) is 78.1 Å². The maximum atomic E-state index is 12.2. The second-order valence-electron chi connectivity index (χ2n) is 7.90. The van der Waals surface area contributed by atoms with Crippen molar-refractivity contribution >= 4 is 5.91 Å². The van der Waals surface area contributed by atoms with Crippen LogP contribution in [-0.4, -0.2) is 28.3 Å². The monoisotopic (exact) mass is 403 g/mol. The number of amides is 1. The van der Waals surface area contributed by atoms with Gasteiger partial charge in [-0.05, 0) is 73.9 Å². The quantitative estimate of drug-likeness (QED) is 0.573. The third-order valence-electron chi connectivity index (χ3n) is 5.54. The Labute approximate surface area is 178 Å². The van der Waals surface area contributed by atoms with Crippen LogP contribution in [0.1, 0.15) is 43.2 Å². The number of rotatable bonds is 9. The smallest absolute Gasteiger partial charge is 0.220 e. The number of benzene rings is 2. The van der Waals surface area contributed by atoms with Crippen LogP contribution in [0.4, 0.5) is 0 Å². The number of carbonyl (C=O) groups excluding carboxylic acids is 1. The first-order valence-electron chi connectivity index (χ1n) is 10.9. The summed E-state index contributed by atoms with van der Waals surface area (Å²) in [5.41, 5.74) is 3.28. The van der Waals surface area contributed by atoms with Crippen molar-refractivity contribution in [2.45, 2.75) is 51.0 Å². The van der Waals surface area contributed by atoms with Gasteiger partial charge in [-0.3, -0.25) is 4.79 Å². The number of aromatic nitrogens is 2. The highest BCUT2D eigenvalue weighted by Gasteiger charge is 2.16. The van der Waals surface area contributed by atoms with E-state index in [9.17, 15) is 4.79 Å². The van der Waals surface area contributed by atoms with Crippen molar-refractivity contribution in [3.8, 4) is 11.4 Å². The average molecular weight is 404 g/mol. The largest absolute Gasteiger partial charge is 0.490 e. The molecule has 1 fully saturated rings. The van der Waals surface area contributed by atoms with Crippen molar-refractivity contribution in [2.24, 2.45) is 0 Å². The van der Waals surface area contributed by atoms with Crippen LogP contribution in [0.2, 0.25) is 0 Å². The fraction of sp³-hybridized carbons (Fsp3) is 0.360. The molecular formula is C25H29N3O2. The second-order valence-corrected chi connectivity index (χ2v) is 7.90. The molecule has 156 valence electrons. The van der Waals surface area contributed by atoms with Gasteiger partial charge in [0.05, 0.1) is 18.0 Å². The molecule has 0 radical (unpaired) electrons. The zero-order valence-corrected chi connectivity index (χ0v) is 17.3. The lowest BCUT2D eigenvalue weighted by atomic mass is 10.1. The number of hydrogen-bond acceptors (Lipinski definition) is 3. The summed E-state index contributed by atoms with van der Waals surface area (Å²) in [5.74, 6) is 1.00. The van der Waals surface area contributed by atoms with E-state index in [0.717, 1.165) is 48.2 Å². The zero-order chi connectivity index (χ0) is 20.6. The van der Waals surface area contributed by atoms with Gasteiger partial charge in [-0.2, -0.15) is 5.10 Å². The summed E-state index contributed by atoms with van der Waals surface area (Å²) in [6.07, 6.45) is 11.0. The molecule has 1 amide bonds. The molecule has 1 saturated carbocycles. The van der Waals surface area contributed by atoms with Gasteiger partial charge in [0.25, 0.3) is 0 Å². The first kappa shape index (κ1) is 20.2. The molecule has 0 spiro atoms. The van der Waals surface area contributed by atoms with Crippen molar-refractivity contribution in [3.63, 3.8) is 0 Å². The predicted molar refractivity (Wildman–Crippen MR) is 118 cm³/mol. The highest BCUT2D eigenvalue weighted by molar-refractivity contribution is 5.76. The summed E-state index contributed by atoms with van der Waals surface area (Å²) in [4.78, 5) is 12.2. The minimum Gasteiger partial charge on any atom is -0.490 e. The molecule has 2 aromatic carbocycles. The summed E-state index contributed by atoms with van der Waals surface area (Å²) in [6.45, 7) is 0.615. The van der Waals surface area contributed by atoms with Gasteiger partial charge in [0.15, 0.2) is 0 Å². The minimum atomic E-state index is 0.0764. The van der Waals surface area contributed by atoms with Gasteiger partial charge in [-0.1, -0.05) is 30.3 Å². The molecule has 1 aromatic heterocycles. The van der Waals surface area contributed by atoms with E-state index in [2.05, 4.69) is 22.5 Å². The topological polar surface area (TPSA) is 56.1 Å². The van der Waals surface area contributed by atoms with Gasteiger partial charge >= 0.3 is 0 Å². The molecule has 30 heavy (non-hydrogen) atoms. The Kier molecular flexibility index (Phi) is 6.80. The van der Waals surface area contributed by atoms with Crippen molar-refractivity contribution in [2.75, 3.05) is 6.54 Å². The Hall–Kier alpha value is -3.08. The van der Waals surface area contributed by atoms with E-state index < -0.39 is 0 Å². The first-order valence-corrected chi connectivity index (χ1v) is 10.9. The normalized spacial score (nSPS) is 14.0. The van der Waals surface area contributed by atoms with Crippen LogP contribution in [0, 0.1) is 0 Å². The molecule has 1 heterocycles. The predicted octanol–water partition coefficient (Wildman–Crippen LogP) is 4.49. The molecule has 1 aliphatic rings. The van der Waals surface area contributed by atoms with Crippen molar-refractivity contribution in [1.29, 1.82) is 0 Å². The van der Waals surface area contributed by atoms with Crippen LogP contribution in [0.5, 0.6) is 5.75 Å². The van der Waals surface area contributed by atoms with Crippen LogP contribution in [0.3, 0.4) is 0 Å². The second kappa shape index (κ2) is 10.1. The lowest BCUT2D eigenvalue weighted by molar-refractivity contribution is -0.121. The molecule has 0 atom stereocenters. The molecule has 0 aliphatic heterocycles. The molecule has 1 aliphatic carbocycles. The number of carbonyl (C=O) groups is 1. The van der Waals surface area contributed by atoms with E-state index in [-0.39, 0.29) is 5.91 Å².